The van der Waals surface area contributed by atoms with Crippen molar-refractivity contribution in [2.24, 2.45) is 11.1 Å². The first-order valence-electron chi connectivity index (χ1n) is 7.26. The number of amides is 1. The van der Waals surface area contributed by atoms with Crippen molar-refractivity contribution in [1.29, 1.82) is 0 Å². The number of nitrogens with two attached hydrogens (primary N) is 1. The molecule has 5 heteroatoms. The molecule has 0 spiro atoms. The molecule has 0 aromatic heterocycles. The lowest BCUT2D eigenvalue weighted by Gasteiger charge is -2.36. The van der Waals surface area contributed by atoms with E-state index in [4.69, 9.17) is 10.8 Å². The topological polar surface area (TPSA) is 92.4 Å². The molecule has 19 heavy (non-hydrogen) atoms. The Kier molecular flexibility index (Phi) is 6.84. The first-order chi connectivity index (χ1) is 9.08. The fourth-order valence-corrected chi connectivity index (χ4v) is 2.84. The predicted octanol–water partition coefficient (Wildman–Crippen LogP) is 1.66. The summed E-state index contributed by atoms with van der Waals surface area (Å²) in [4.78, 5) is 22.7. The van der Waals surface area contributed by atoms with Crippen molar-refractivity contribution in [3.05, 3.63) is 0 Å². The van der Waals surface area contributed by atoms with Gasteiger partial charge < -0.3 is 16.2 Å². The van der Waals surface area contributed by atoms with E-state index in [9.17, 15) is 9.59 Å². The standard InChI is InChI=1S/C14H26N2O3/c15-9-5-2-6-12(17)16-11-14(10-13(18)19)7-3-1-4-8-14/h1-11,15H2,(H,16,17)(H,18,19). The molecular formula is C14H26N2O3. The van der Waals surface area contributed by atoms with Crippen molar-refractivity contribution in [3.8, 4) is 0 Å². The molecule has 1 aliphatic carbocycles. The Morgan fingerprint density at radius 1 is 1.16 bits per heavy atom. The van der Waals surface area contributed by atoms with Crippen molar-refractivity contribution in [2.45, 2.75) is 57.8 Å². The second kappa shape index (κ2) is 8.15. The van der Waals surface area contributed by atoms with Gasteiger partial charge in [-0.2, -0.15) is 0 Å². The Balaban J connectivity index is 2.40. The molecule has 1 fully saturated rings. The third-order valence-corrected chi connectivity index (χ3v) is 3.96. The smallest absolute Gasteiger partial charge is 0.303 e. The maximum Gasteiger partial charge on any atom is 0.303 e. The summed E-state index contributed by atoms with van der Waals surface area (Å²) in [6.07, 6.45) is 7.42. The number of nitrogens with one attached hydrogen (secondary N) is 1. The number of rotatable bonds is 8. The zero-order chi connectivity index (χ0) is 14.1. The zero-order valence-corrected chi connectivity index (χ0v) is 11.6. The Labute approximate surface area is 114 Å². The second-order valence-electron chi connectivity index (χ2n) is 5.65. The molecule has 0 atom stereocenters. The van der Waals surface area contributed by atoms with Gasteiger partial charge in [0, 0.05) is 13.0 Å². The Morgan fingerprint density at radius 3 is 2.42 bits per heavy atom. The Bertz CT molecular complexity index is 299. The highest BCUT2D eigenvalue weighted by atomic mass is 16.4. The highest BCUT2D eigenvalue weighted by Crippen LogP contribution is 2.38. The van der Waals surface area contributed by atoms with Gasteiger partial charge in [0.05, 0.1) is 6.42 Å². The van der Waals surface area contributed by atoms with Gasteiger partial charge >= 0.3 is 5.97 Å². The number of hydrogen-bond donors (Lipinski definition) is 3. The van der Waals surface area contributed by atoms with Crippen LogP contribution in [0.4, 0.5) is 0 Å². The number of hydrogen-bond acceptors (Lipinski definition) is 3. The minimum atomic E-state index is -0.765. The van der Waals surface area contributed by atoms with Gasteiger partial charge in [0.1, 0.15) is 0 Å². The Hall–Kier alpha value is -1.10. The second-order valence-corrected chi connectivity index (χ2v) is 5.65. The average molecular weight is 270 g/mol. The molecule has 1 rings (SSSR count). The van der Waals surface area contributed by atoms with Gasteiger partial charge in [0.15, 0.2) is 0 Å². The third kappa shape index (κ3) is 6.05. The molecule has 5 nitrogen and oxygen atoms in total. The highest BCUT2D eigenvalue weighted by molar-refractivity contribution is 5.76. The SMILES string of the molecule is NCCCCC(=O)NCC1(CC(=O)O)CCCCC1. The monoisotopic (exact) mass is 270 g/mol. The number of carboxylic acids is 1. The molecule has 110 valence electrons. The molecule has 0 saturated heterocycles. The summed E-state index contributed by atoms with van der Waals surface area (Å²) in [5.74, 6) is -0.747. The Morgan fingerprint density at radius 2 is 1.84 bits per heavy atom. The van der Waals surface area contributed by atoms with Crippen molar-refractivity contribution in [3.63, 3.8) is 0 Å². The molecule has 1 amide bonds. The van der Waals surface area contributed by atoms with Gasteiger partial charge in [0.25, 0.3) is 0 Å². The maximum absolute atomic E-state index is 11.7. The average Bonchev–Trinajstić information content (AvgIpc) is 2.37. The van der Waals surface area contributed by atoms with Crippen LogP contribution in [0, 0.1) is 5.41 Å². The predicted molar refractivity (Wildman–Crippen MR) is 73.7 cm³/mol. The summed E-state index contributed by atoms with van der Waals surface area (Å²) in [5.41, 5.74) is 5.16. The van der Waals surface area contributed by atoms with Crippen molar-refractivity contribution in [2.75, 3.05) is 13.1 Å². The van der Waals surface area contributed by atoms with Crippen molar-refractivity contribution < 1.29 is 14.7 Å². The highest BCUT2D eigenvalue weighted by Gasteiger charge is 2.34. The molecule has 4 N–H and O–H groups in total. The van der Waals surface area contributed by atoms with Gasteiger partial charge in [-0.05, 0) is 37.6 Å². The van der Waals surface area contributed by atoms with Crippen molar-refractivity contribution >= 4 is 11.9 Å². The number of unbranched alkanes of at least 4 members (excludes halogenated alkanes) is 1. The summed E-state index contributed by atoms with van der Waals surface area (Å²) in [7, 11) is 0. The van der Waals surface area contributed by atoms with Crippen LogP contribution in [0.3, 0.4) is 0 Å². The largest absolute Gasteiger partial charge is 0.481 e. The fourth-order valence-electron chi connectivity index (χ4n) is 2.84. The number of carbonyl (C=O) groups excluding carboxylic acids is 1. The van der Waals surface area contributed by atoms with Crippen LogP contribution in [-0.2, 0) is 9.59 Å². The van der Waals surface area contributed by atoms with E-state index in [0.29, 0.717) is 19.5 Å². The van der Waals surface area contributed by atoms with E-state index in [2.05, 4.69) is 5.32 Å². The van der Waals surface area contributed by atoms with E-state index in [0.717, 1.165) is 38.5 Å². The summed E-state index contributed by atoms with van der Waals surface area (Å²) < 4.78 is 0. The van der Waals surface area contributed by atoms with Crippen LogP contribution in [0.25, 0.3) is 0 Å². The van der Waals surface area contributed by atoms with Crippen LogP contribution in [-0.4, -0.2) is 30.1 Å². The van der Waals surface area contributed by atoms with Crippen LogP contribution < -0.4 is 11.1 Å². The van der Waals surface area contributed by atoms with E-state index in [-0.39, 0.29) is 17.7 Å². The minimum Gasteiger partial charge on any atom is -0.481 e. The summed E-state index contributed by atoms with van der Waals surface area (Å²) >= 11 is 0. The van der Waals surface area contributed by atoms with Gasteiger partial charge in [0.2, 0.25) is 5.91 Å². The van der Waals surface area contributed by atoms with E-state index < -0.39 is 5.97 Å². The van der Waals surface area contributed by atoms with Crippen LogP contribution in [0.5, 0.6) is 0 Å². The summed E-state index contributed by atoms with van der Waals surface area (Å²) in [5, 5.41) is 12.0. The molecule has 0 heterocycles. The fraction of sp³-hybridized carbons (Fsp3) is 0.857. The third-order valence-electron chi connectivity index (χ3n) is 3.96. The van der Waals surface area contributed by atoms with Crippen molar-refractivity contribution in [1.82, 2.24) is 5.32 Å². The lowest BCUT2D eigenvalue weighted by Crippen LogP contribution is -2.40. The van der Waals surface area contributed by atoms with Crippen LogP contribution in [0.2, 0.25) is 0 Å². The molecule has 0 bridgehead atoms. The molecule has 0 radical (unpaired) electrons. The molecule has 0 aromatic carbocycles. The first kappa shape index (κ1) is 16.0. The normalized spacial score (nSPS) is 17.9. The van der Waals surface area contributed by atoms with E-state index >= 15 is 0 Å². The molecular weight excluding hydrogens is 244 g/mol. The zero-order valence-electron chi connectivity index (χ0n) is 11.6. The molecule has 0 aliphatic heterocycles. The summed E-state index contributed by atoms with van der Waals surface area (Å²) in [6.45, 7) is 1.11. The number of carboxylic acid groups (broad SMARTS) is 1. The van der Waals surface area contributed by atoms with Gasteiger partial charge in [-0.25, -0.2) is 0 Å². The van der Waals surface area contributed by atoms with Gasteiger partial charge in [-0.15, -0.1) is 0 Å². The van der Waals surface area contributed by atoms with Crippen LogP contribution in [0.1, 0.15) is 57.8 Å². The summed E-state index contributed by atoms with van der Waals surface area (Å²) in [6, 6.07) is 0. The quantitative estimate of drug-likeness (QED) is 0.585. The first-order valence-corrected chi connectivity index (χ1v) is 7.26. The lowest BCUT2D eigenvalue weighted by molar-refractivity contribution is -0.140. The molecule has 0 unspecified atom stereocenters. The molecule has 1 aliphatic rings. The minimum absolute atomic E-state index is 0.0174. The van der Waals surface area contributed by atoms with Crippen LogP contribution in [0.15, 0.2) is 0 Å². The molecule has 1 saturated carbocycles. The molecule has 0 aromatic rings. The van der Waals surface area contributed by atoms with E-state index in [1.54, 1.807) is 0 Å². The number of carbonyl (C=O) groups is 2. The van der Waals surface area contributed by atoms with Gasteiger partial charge in [-0.3, -0.25) is 9.59 Å². The maximum atomic E-state index is 11.7. The van der Waals surface area contributed by atoms with Crippen LogP contribution >= 0.6 is 0 Å². The number of aliphatic carboxylic acids is 1. The van der Waals surface area contributed by atoms with Gasteiger partial charge in [-0.1, -0.05) is 19.3 Å². The lowest BCUT2D eigenvalue weighted by atomic mass is 9.71. The van der Waals surface area contributed by atoms with E-state index in [1.165, 1.54) is 6.42 Å². The van der Waals surface area contributed by atoms with E-state index in [1.807, 2.05) is 0 Å².